The van der Waals surface area contributed by atoms with Crippen LogP contribution in [0.1, 0.15) is 29.8 Å². The van der Waals surface area contributed by atoms with Gasteiger partial charge in [-0.25, -0.2) is 0 Å². The zero-order chi connectivity index (χ0) is 20.1. The molecule has 1 aliphatic heterocycles. The van der Waals surface area contributed by atoms with Crippen LogP contribution in [0.25, 0.3) is 11.3 Å². The minimum absolute atomic E-state index is 0.272. The van der Waals surface area contributed by atoms with Crippen molar-refractivity contribution < 1.29 is 13.9 Å². The Balaban J connectivity index is 1.51. The second-order valence-electron chi connectivity index (χ2n) is 7.23. The first-order valence-electron chi connectivity index (χ1n) is 10.0. The normalized spacial score (nSPS) is 14.7. The number of furan rings is 1. The summed E-state index contributed by atoms with van der Waals surface area (Å²) in [6.45, 7) is 3.84. The molecule has 1 aliphatic rings. The van der Waals surface area contributed by atoms with Gasteiger partial charge in [-0.15, -0.1) is 0 Å². The molecule has 7 heteroatoms. The van der Waals surface area contributed by atoms with Gasteiger partial charge in [0.05, 0.1) is 12.0 Å². The number of anilines is 1. The van der Waals surface area contributed by atoms with Crippen molar-refractivity contribution in [3.8, 4) is 17.0 Å². The lowest BCUT2D eigenvalue weighted by Gasteiger charge is -2.26. The van der Waals surface area contributed by atoms with E-state index in [1.54, 1.807) is 23.0 Å². The first kappa shape index (κ1) is 19.3. The van der Waals surface area contributed by atoms with Gasteiger partial charge in [-0.1, -0.05) is 6.42 Å². The van der Waals surface area contributed by atoms with Crippen molar-refractivity contribution in [1.82, 2.24) is 14.7 Å². The molecular formula is C22H26N4O3. The SMILES string of the molecule is Cn1nccc1-c1cc(NC(=O)c2ccco2)ccc1OCCN1CCCCC1. The van der Waals surface area contributed by atoms with Crippen LogP contribution in [-0.2, 0) is 7.05 Å². The first-order chi connectivity index (χ1) is 14.2. The molecule has 152 valence electrons. The third-order valence-electron chi connectivity index (χ3n) is 5.19. The van der Waals surface area contributed by atoms with Gasteiger partial charge >= 0.3 is 0 Å². The fourth-order valence-corrected chi connectivity index (χ4v) is 3.64. The predicted octanol–water partition coefficient (Wildman–Crippen LogP) is 3.80. The van der Waals surface area contributed by atoms with Crippen LogP contribution >= 0.6 is 0 Å². The highest BCUT2D eigenvalue weighted by Gasteiger charge is 2.15. The van der Waals surface area contributed by atoms with Gasteiger partial charge in [-0.05, 0) is 62.3 Å². The Morgan fingerprint density at radius 2 is 2.07 bits per heavy atom. The Kier molecular flexibility index (Phi) is 5.95. The molecule has 0 atom stereocenters. The smallest absolute Gasteiger partial charge is 0.291 e. The maximum Gasteiger partial charge on any atom is 0.291 e. The molecule has 29 heavy (non-hydrogen) atoms. The highest BCUT2D eigenvalue weighted by Crippen LogP contribution is 2.32. The van der Waals surface area contributed by atoms with Crippen LogP contribution in [0.15, 0.2) is 53.3 Å². The molecule has 1 saturated heterocycles. The van der Waals surface area contributed by atoms with Gasteiger partial charge in [0.15, 0.2) is 5.76 Å². The van der Waals surface area contributed by atoms with E-state index in [9.17, 15) is 4.79 Å². The van der Waals surface area contributed by atoms with Crippen LogP contribution in [0.2, 0.25) is 0 Å². The van der Waals surface area contributed by atoms with Gasteiger partial charge in [0.1, 0.15) is 12.4 Å². The van der Waals surface area contributed by atoms with Crippen LogP contribution in [-0.4, -0.2) is 46.8 Å². The first-order valence-corrected chi connectivity index (χ1v) is 10.0. The monoisotopic (exact) mass is 394 g/mol. The molecular weight excluding hydrogens is 368 g/mol. The van der Waals surface area contributed by atoms with Gasteiger partial charge in [0.25, 0.3) is 5.91 Å². The lowest BCUT2D eigenvalue weighted by molar-refractivity contribution is 0.0996. The number of hydrogen-bond donors (Lipinski definition) is 1. The average Bonchev–Trinajstić information content (AvgIpc) is 3.42. The Morgan fingerprint density at radius 1 is 1.21 bits per heavy atom. The maximum absolute atomic E-state index is 12.3. The van der Waals surface area contributed by atoms with Crippen LogP contribution in [0, 0.1) is 0 Å². The summed E-state index contributed by atoms with van der Waals surface area (Å²) in [4.78, 5) is 14.8. The Bertz CT molecular complexity index is 943. The molecule has 0 saturated carbocycles. The van der Waals surface area contributed by atoms with Crippen molar-refractivity contribution in [3.63, 3.8) is 0 Å². The molecule has 3 heterocycles. The number of piperidine rings is 1. The summed E-state index contributed by atoms with van der Waals surface area (Å²) in [6.07, 6.45) is 7.10. The molecule has 1 fully saturated rings. The fraction of sp³-hybridized carbons (Fsp3) is 0.364. The second-order valence-corrected chi connectivity index (χ2v) is 7.23. The standard InChI is InChI=1S/C22H26N4O3/c1-25-19(9-10-23-25)18-16-17(24-22(27)21-6-5-14-28-21)7-8-20(18)29-15-13-26-11-3-2-4-12-26/h5-10,14,16H,2-4,11-13,15H2,1H3,(H,24,27). The molecule has 0 bridgehead atoms. The number of likely N-dealkylation sites (tertiary alicyclic amines) is 1. The summed E-state index contributed by atoms with van der Waals surface area (Å²) >= 11 is 0. The van der Waals surface area contributed by atoms with E-state index in [1.165, 1.54) is 25.5 Å². The average molecular weight is 394 g/mol. The van der Waals surface area contributed by atoms with Crippen LogP contribution < -0.4 is 10.1 Å². The number of carbonyl (C=O) groups is 1. The summed E-state index contributed by atoms with van der Waals surface area (Å²) in [5, 5.41) is 7.14. The molecule has 4 rings (SSSR count). The van der Waals surface area contributed by atoms with Crippen molar-refractivity contribution >= 4 is 11.6 Å². The van der Waals surface area contributed by atoms with E-state index in [1.807, 2.05) is 31.3 Å². The lowest BCUT2D eigenvalue weighted by atomic mass is 10.1. The third-order valence-corrected chi connectivity index (χ3v) is 5.19. The van der Waals surface area contributed by atoms with E-state index in [2.05, 4.69) is 15.3 Å². The number of nitrogens with zero attached hydrogens (tertiary/aromatic N) is 3. The van der Waals surface area contributed by atoms with Crippen LogP contribution in [0.3, 0.4) is 0 Å². The van der Waals surface area contributed by atoms with E-state index in [0.717, 1.165) is 36.6 Å². The molecule has 7 nitrogen and oxygen atoms in total. The minimum Gasteiger partial charge on any atom is -0.492 e. The molecule has 0 aliphatic carbocycles. The Hall–Kier alpha value is -3.06. The van der Waals surface area contributed by atoms with E-state index >= 15 is 0 Å². The molecule has 0 radical (unpaired) electrons. The molecule has 1 N–H and O–H groups in total. The molecule has 1 amide bonds. The number of carbonyl (C=O) groups excluding carboxylic acids is 1. The number of amides is 1. The Labute approximate surface area is 170 Å². The summed E-state index contributed by atoms with van der Waals surface area (Å²) in [6, 6.07) is 10.9. The molecule has 2 aromatic heterocycles. The van der Waals surface area contributed by atoms with Gasteiger partial charge < -0.3 is 14.5 Å². The molecule has 3 aromatic rings. The van der Waals surface area contributed by atoms with Gasteiger partial charge in [-0.3, -0.25) is 14.4 Å². The summed E-state index contributed by atoms with van der Waals surface area (Å²) < 4.78 is 13.1. The van der Waals surface area contributed by atoms with Crippen molar-refractivity contribution in [2.45, 2.75) is 19.3 Å². The van der Waals surface area contributed by atoms with Gasteiger partial charge in [0.2, 0.25) is 0 Å². The highest BCUT2D eigenvalue weighted by molar-refractivity contribution is 6.02. The zero-order valence-corrected chi connectivity index (χ0v) is 16.6. The van der Waals surface area contributed by atoms with E-state index in [4.69, 9.17) is 9.15 Å². The van der Waals surface area contributed by atoms with E-state index in [-0.39, 0.29) is 11.7 Å². The number of nitrogens with one attached hydrogen (secondary N) is 1. The van der Waals surface area contributed by atoms with E-state index < -0.39 is 0 Å². The van der Waals surface area contributed by atoms with E-state index in [0.29, 0.717) is 12.3 Å². The summed E-state index contributed by atoms with van der Waals surface area (Å²) in [5.74, 6) is 0.764. The maximum atomic E-state index is 12.3. The van der Waals surface area contributed by atoms with Crippen LogP contribution in [0.4, 0.5) is 5.69 Å². The van der Waals surface area contributed by atoms with Crippen molar-refractivity contribution in [1.29, 1.82) is 0 Å². The molecule has 0 spiro atoms. The molecule has 1 aromatic carbocycles. The number of hydrogen-bond acceptors (Lipinski definition) is 5. The van der Waals surface area contributed by atoms with Crippen molar-refractivity contribution in [3.05, 3.63) is 54.6 Å². The lowest BCUT2D eigenvalue weighted by Crippen LogP contribution is -2.33. The summed E-state index contributed by atoms with van der Waals surface area (Å²) in [5.41, 5.74) is 2.49. The van der Waals surface area contributed by atoms with Crippen molar-refractivity contribution in [2.24, 2.45) is 7.05 Å². The van der Waals surface area contributed by atoms with Crippen LogP contribution in [0.5, 0.6) is 5.75 Å². The van der Waals surface area contributed by atoms with Gasteiger partial charge in [-0.2, -0.15) is 5.10 Å². The zero-order valence-electron chi connectivity index (χ0n) is 16.6. The second kappa shape index (κ2) is 8.96. The van der Waals surface area contributed by atoms with Gasteiger partial charge in [0, 0.05) is 31.0 Å². The topological polar surface area (TPSA) is 72.5 Å². The number of ether oxygens (including phenoxy) is 1. The molecule has 0 unspecified atom stereocenters. The highest BCUT2D eigenvalue weighted by atomic mass is 16.5. The summed E-state index contributed by atoms with van der Waals surface area (Å²) in [7, 11) is 1.89. The number of aromatic nitrogens is 2. The minimum atomic E-state index is -0.287. The fourth-order valence-electron chi connectivity index (χ4n) is 3.64. The largest absolute Gasteiger partial charge is 0.492 e. The Morgan fingerprint density at radius 3 is 2.79 bits per heavy atom. The number of benzene rings is 1. The number of aryl methyl sites for hydroxylation is 1. The third kappa shape index (κ3) is 4.68. The van der Waals surface area contributed by atoms with Crippen molar-refractivity contribution in [2.75, 3.05) is 31.6 Å². The quantitative estimate of drug-likeness (QED) is 0.660. The number of rotatable bonds is 7. The predicted molar refractivity (Wildman–Crippen MR) is 111 cm³/mol.